The molecule has 0 radical (unpaired) electrons. The number of thioether (sulfide) groups is 1. The number of hydrogen-bond donors (Lipinski definition) is 1. The Bertz CT molecular complexity index is 602. The molecule has 0 atom stereocenters. The lowest BCUT2D eigenvalue weighted by molar-refractivity contribution is -0.113. The Morgan fingerprint density at radius 2 is 2.19 bits per heavy atom. The Labute approximate surface area is 126 Å². The van der Waals surface area contributed by atoms with Gasteiger partial charge in [0.05, 0.1) is 17.5 Å². The van der Waals surface area contributed by atoms with E-state index in [0.29, 0.717) is 28.6 Å². The van der Waals surface area contributed by atoms with Gasteiger partial charge in [-0.3, -0.25) is 4.79 Å². The van der Waals surface area contributed by atoms with Gasteiger partial charge < -0.3 is 9.84 Å². The Kier molecular flexibility index (Phi) is 4.94. The largest absolute Gasteiger partial charge is 0.359 e. The third kappa shape index (κ3) is 3.81. The molecule has 2 aromatic heterocycles. The van der Waals surface area contributed by atoms with Crippen molar-refractivity contribution in [1.82, 2.24) is 25.4 Å². The van der Waals surface area contributed by atoms with Gasteiger partial charge in [0.25, 0.3) is 0 Å². The highest BCUT2D eigenvalue weighted by atomic mass is 32.2. The van der Waals surface area contributed by atoms with Crippen molar-refractivity contribution in [3.63, 3.8) is 0 Å². The van der Waals surface area contributed by atoms with Crippen LogP contribution in [0.3, 0.4) is 0 Å². The first-order chi connectivity index (χ1) is 9.99. The molecule has 2 rings (SSSR count). The number of aryl methyl sites for hydroxylation is 2. The smallest absolute Gasteiger partial charge is 0.234 e. The molecule has 0 aliphatic heterocycles. The van der Waals surface area contributed by atoms with Gasteiger partial charge in [-0.25, -0.2) is 4.68 Å². The molecule has 0 aliphatic carbocycles. The van der Waals surface area contributed by atoms with Gasteiger partial charge in [0.1, 0.15) is 11.4 Å². The number of carbonyl (C=O) groups is 1. The van der Waals surface area contributed by atoms with E-state index in [4.69, 9.17) is 4.52 Å². The number of aromatic nitrogens is 5. The zero-order chi connectivity index (χ0) is 15.4. The molecule has 0 bridgehead atoms. The van der Waals surface area contributed by atoms with Crippen molar-refractivity contribution in [2.45, 2.75) is 39.5 Å². The van der Waals surface area contributed by atoms with Crippen LogP contribution in [0.2, 0.25) is 0 Å². The third-order valence-electron chi connectivity index (χ3n) is 2.81. The SMILES string of the molecule is Cc1noc(C)c1NC(=O)CSCc1nnnn1C(C)C. The molecule has 8 nitrogen and oxygen atoms in total. The Morgan fingerprint density at radius 3 is 2.81 bits per heavy atom. The van der Waals surface area contributed by atoms with Crippen molar-refractivity contribution < 1.29 is 9.32 Å². The highest BCUT2D eigenvalue weighted by molar-refractivity contribution is 7.99. The predicted molar refractivity (Wildman–Crippen MR) is 79.0 cm³/mol. The molecule has 2 aromatic rings. The number of carbonyl (C=O) groups excluding carboxylic acids is 1. The van der Waals surface area contributed by atoms with Crippen LogP contribution in [0.25, 0.3) is 0 Å². The summed E-state index contributed by atoms with van der Waals surface area (Å²) in [6.45, 7) is 7.57. The van der Waals surface area contributed by atoms with Gasteiger partial charge in [-0.05, 0) is 38.1 Å². The van der Waals surface area contributed by atoms with Gasteiger partial charge >= 0.3 is 0 Å². The van der Waals surface area contributed by atoms with E-state index >= 15 is 0 Å². The zero-order valence-corrected chi connectivity index (χ0v) is 13.3. The summed E-state index contributed by atoms with van der Waals surface area (Å²) in [6, 6.07) is 0.201. The number of anilines is 1. The minimum absolute atomic E-state index is 0.0991. The average Bonchev–Trinajstić information content (AvgIpc) is 3.01. The predicted octanol–water partition coefficient (Wildman–Crippen LogP) is 1.73. The molecule has 0 fully saturated rings. The van der Waals surface area contributed by atoms with Crippen LogP contribution in [0.15, 0.2) is 4.52 Å². The molecular formula is C12H18N6O2S. The normalized spacial score (nSPS) is 11.1. The molecule has 0 unspecified atom stereocenters. The van der Waals surface area contributed by atoms with E-state index < -0.39 is 0 Å². The van der Waals surface area contributed by atoms with Crippen LogP contribution < -0.4 is 5.32 Å². The number of hydrogen-bond acceptors (Lipinski definition) is 7. The number of rotatable bonds is 6. The number of amides is 1. The number of tetrazole rings is 1. The van der Waals surface area contributed by atoms with E-state index in [1.165, 1.54) is 11.8 Å². The zero-order valence-electron chi connectivity index (χ0n) is 12.5. The Morgan fingerprint density at radius 1 is 1.43 bits per heavy atom. The minimum Gasteiger partial charge on any atom is -0.359 e. The van der Waals surface area contributed by atoms with Gasteiger partial charge in [-0.2, -0.15) is 0 Å². The van der Waals surface area contributed by atoms with Crippen LogP contribution in [0, 0.1) is 13.8 Å². The highest BCUT2D eigenvalue weighted by Gasteiger charge is 2.13. The molecule has 0 aromatic carbocycles. The maximum Gasteiger partial charge on any atom is 0.234 e. The molecule has 21 heavy (non-hydrogen) atoms. The van der Waals surface area contributed by atoms with E-state index in [1.807, 2.05) is 13.8 Å². The molecule has 0 spiro atoms. The topological polar surface area (TPSA) is 98.7 Å². The first-order valence-corrected chi connectivity index (χ1v) is 7.71. The molecule has 114 valence electrons. The fraction of sp³-hybridized carbons (Fsp3) is 0.583. The van der Waals surface area contributed by atoms with Crippen molar-refractivity contribution in [2.75, 3.05) is 11.1 Å². The van der Waals surface area contributed by atoms with Gasteiger partial charge in [0, 0.05) is 0 Å². The lowest BCUT2D eigenvalue weighted by Crippen LogP contribution is -2.15. The summed E-state index contributed by atoms with van der Waals surface area (Å²) in [5.74, 6) is 2.17. The molecular weight excluding hydrogens is 292 g/mol. The monoisotopic (exact) mass is 310 g/mol. The fourth-order valence-corrected chi connectivity index (χ4v) is 2.51. The summed E-state index contributed by atoms with van der Waals surface area (Å²) in [5, 5.41) is 18.1. The van der Waals surface area contributed by atoms with Crippen LogP contribution in [0.4, 0.5) is 5.69 Å². The molecule has 9 heteroatoms. The van der Waals surface area contributed by atoms with Crippen molar-refractivity contribution in [1.29, 1.82) is 0 Å². The van der Waals surface area contributed by atoms with Crippen molar-refractivity contribution in [3.8, 4) is 0 Å². The highest BCUT2D eigenvalue weighted by Crippen LogP contribution is 2.19. The van der Waals surface area contributed by atoms with Crippen molar-refractivity contribution >= 4 is 23.4 Å². The summed E-state index contributed by atoms with van der Waals surface area (Å²) in [5.41, 5.74) is 1.32. The van der Waals surface area contributed by atoms with Crippen LogP contribution in [0.5, 0.6) is 0 Å². The summed E-state index contributed by atoms with van der Waals surface area (Å²) >= 11 is 1.46. The molecule has 0 saturated carbocycles. The summed E-state index contributed by atoms with van der Waals surface area (Å²) in [7, 11) is 0. The molecule has 1 N–H and O–H groups in total. The second kappa shape index (κ2) is 6.70. The van der Waals surface area contributed by atoms with E-state index in [2.05, 4.69) is 26.0 Å². The van der Waals surface area contributed by atoms with Gasteiger partial charge in [0.2, 0.25) is 5.91 Å². The molecule has 0 saturated heterocycles. The van der Waals surface area contributed by atoms with Crippen LogP contribution in [-0.4, -0.2) is 37.0 Å². The van der Waals surface area contributed by atoms with Crippen LogP contribution in [0.1, 0.15) is 37.2 Å². The van der Waals surface area contributed by atoms with Crippen LogP contribution in [-0.2, 0) is 10.5 Å². The Hall–Kier alpha value is -1.90. The lowest BCUT2D eigenvalue weighted by Gasteiger charge is -2.07. The maximum absolute atomic E-state index is 11.9. The fourth-order valence-electron chi connectivity index (χ4n) is 1.78. The van der Waals surface area contributed by atoms with Gasteiger partial charge in [0.15, 0.2) is 11.6 Å². The second-order valence-electron chi connectivity index (χ2n) is 4.87. The maximum atomic E-state index is 11.9. The van der Waals surface area contributed by atoms with Crippen LogP contribution >= 0.6 is 11.8 Å². The molecule has 0 aliphatic rings. The van der Waals surface area contributed by atoms with Crippen molar-refractivity contribution in [3.05, 3.63) is 17.3 Å². The molecule has 1 amide bonds. The van der Waals surface area contributed by atoms with E-state index in [9.17, 15) is 4.79 Å². The van der Waals surface area contributed by atoms with Gasteiger partial charge in [-0.15, -0.1) is 16.9 Å². The third-order valence-corrected chi connectivity index (χ3v) is 3.74. The minimum atomic E-state index is -0.0991. The summed E-state index contributed by atoms with van der Waals surface area (Å²) in [6.07, 6.45) is 0. The summed E-state index contributed by atoms with van der Waals surface area (Å²) in [4.78, 5) is 11.9. The first kappa shape index (κ1) is 15.5. The number of nitrogens with zero attached hydrogens (tertiary/aromatic N) is 5. The standard InChI is InChI=1S/C12H18N6O2S/c1-7(2)18-10(14-16-17-18)5-21-6-11(19)13-12-8(3)15-20-9(12)4/h7H,5-6H2,1-4H3,(H,13,19). The lowest BCUT2D eigenvalue weighted by atomic mass is 10.3. The van der Waals surface area contributed by atoms with E-state index in [-0.39, 0.29) is 11.9 Å². The summed E-state index contributed by atoms with van der Waals surface area (Å²) < 4.78 is 6.75. The van der Waals surface area contributed by atoms with E-state index in [1.54, 1.807) is 18.5 Å². The Balaban J connectivity index is 1.83. The quantitative estimate of drug-likeness (QED) is 0.867. The van der Waals surface area contributed by atoms with Gasteiger partial charge in [-0.1, -0.05) is 5.16 Å². The van der Waals surface area contributed by atoms with Crippen molar-refractivity contribution in [2.24, 2.45) is 0 Å². The molecule has 2 heterocycles. The number of nitrogens with one attached hydrogen (secondary N) is 1. The first-order valence-electron chi connectivity index (χ1n) is 6.56. The second-order valence-corrected chi connectivity index (χ2v) is 5.86. The average molecular weight is 310 g/mol. The van der Waals surface area contributed by atoms with E-state index in [0.717, 1.165) is 5.82 Å².